The Kier molecular flexibility index (Phi) is 5.16. The minimum atomic E-state index is -0.125. The van der Waals surface area contributed by atoms with Crippen LogP contribution in [0.4, 0.5) is 5.69 Å². The number of carbonyl (C=O) groups is 2. The molecule has 1 N–H and O–H groups in total. The zero-order valence-corrected chi connectivity index (χ0v) is 12.3. The van der Waals surface area contributed by atoms with Gasteiger partial charge < -0.3 is 19.7 Å². The third-order valence-corrected chi connectivity index (χ3v) is 3.13. The lowest BCUT2D eigenvalue weighted by atomic mass is 10.3. The largest absolute Gasteiger partial charge is 0.484 e. The predicted octanol–water partition coefficient (Wildman–Crippen LogP) is 1.27. The van der Waals surface area contributed by atoms with E-state index in [0.29, 0.717) is 31.1 Å². The second-order valence-electron chi connectivity index (χ2n) is 5.02. The highest BCUT2D eigenvalue weighted by Gasteiger charge is 2.21. The smallest absolute Gasteiger partial charge is 0.260 e. The summed E-state index contributed by atoms with van der Waals surface area (Å²) in [5, 5.41) is 2.67. The Hall–Kier alpha value is -2.08. The second-order valence-corrected chi connectivity index (χ2v) is 5.02. The molecule has 6 heteroatoms. The van der Waals surface area contributed by atoms with E-state index in [9.17, 15) is 9.59 Å². The average molecular weight is 292 g/mol. The summed E-state index contributed by atoms with van der Waals surface area (Å²) in [6.45, 7) is 5.18. The van der Waals surface area contributed by atoms with Gasteiger partial charge >= 0.3 is 0 Å². The molecule has 0 saturated carbocycles. The van der Waals surface area contributed by atoms with Gasteiger partial charge in [0.1, 0.15) is 5.75 Å². The monoisotopic (exact) mass is 292 g/mol. The normalized spacial score (nSPS) is 18.2. The van der Waals surface area contributed by atoms with Crippen LogP contribution in [0, 0.1) is 0 Å². The Morgan fingerprint density at radius 1 is 1.38 bits per heavy atom. The van der Waals surface area contributed by atoms with Crippen molar-refractivity contribution >= 4 is 17.5 Å². The number of morpholine rings is 1. The van der Waals surface area contributed by atoms with E-state index >= 15 is 0 Å². The van der Waals surface area contributed by atoms with Gasteiger partial charge in [-0.25, -0.2) is 0 Å². The first-order valence-electron chi connectivity index (χ1n) is 6.94. The lowest BCUT2D eigenvalue weighted by molar-refractivity contribution is -0.140. The van der Waals surface area contributed by atoms with E-state index in [1.54, 1.807) is 29.2 Å². The zero-order valence-electron chi connectivity index (χ0n) is 12.3. The maximum atomic E-state index is 12.0. The molecule has 1 aromatic rings. The average Bonchev–Trinajstić information content (AvgIpc) is 2.45. The van der Waals surface area contributed by atoms with Crippen LogP contribution < -0.4 is 10.1 Å². The van der Waals surface area contributed by atoms with Crippen LogP contribution in [0.5, 0.6) is 5.75 Å². The zero-order chi connectivity index (χ0) is 15.2. The SMILES string of the molecule is CC(=O)Nc1ccc(OCC(=O)N2CCOC(C)C2)cc1. The molecular formula is C15H20N2O4. The lowest BCUT2D eigenvalue weighted by Crippen LogP contribution is -2.46. The van der Waals surface area contributed by atoms with Gasteiger partial charge in [-0.2, -0.15) is 0 Å². The molecule has 1 heterocycles. The Bertz CT molecular complexity index is 501. The molecule has 1 unspecified atom stereocenters. The van der Waals surface area contributed by atoms with Crippen LogP contribution in [0.15, 0.2) is 24.3 Å². The molecule has 6 nitrogen and oxygen atoms in total. The van der Waals surface area contributed by atoms with E-state index in [1.807, 2.05) is 6.92 Å². The van der Waals surface area contributed by atoms with Gasteiger partial charge in [0.15, 0.2) is 6.61 Å². The molecule has 2 rings (SSSR count). The van der Waals surface area contributed by atoms with Gasteiger partial charge in [0.05, 0.1) is 12.7 Å². The number of ether oxygens (including phenoxy) is 2. The first-order valence-corrected chi connectivity index (χ1v) is 6.94. The van der Waals surface area contributed by atoms with E-state index in [1.165, 1.54) is 6.92 Å². The first-order chi connectivity index (χ1) is 10.0. The number of nitrogens with zero attached hydrogens (tertiary/aromatic N) is 1. The van der Waals surface area contributed by atoms with E-state index in [4.69, 9.17) is 9.47 Å². The number of nitrogens with one attached hydrogen (secondary N) is 1. The van der Waals surface area contributed by atoms with Crippen molar-refractivity contribution in [2.24, 2.45) is 0 Å². The molecule has 0 aromatic heterocycles. The maximum absolute atomic E-state index is 12.0. The topological polar surface area (TPSA) is 67.9 Å². The molecular weight excluding hydrogens is 272 g/mol. The Labute approximate surface area is 124 Å². The van der Waals surface area contributed by atoms with Crippen LogP contribution in [0.2, 0.25) is 0 Å². The van der Waals surface area contributed by atoms with Crippen molar-refractivity contribution in [2.45, 2.75) is 20.0 Å². The summed E-state index contributed by atoms with van der Waals surface area (Å²) in [5.41, 5.74) is 0.697. The summed E-state index contributed by atoms with van der Waals surface area (Å²) in [5.74, 6) is 0.426. The molecule has 0 spiro atoms. The minimum absolute atomic E-state index is 0.00615. The number of carbonyl (C=O) groups excluding carboxylic acids is 2. The second kappa shape index (κ2) is 7.08. The first kappa shape index (κ1) is 15.3. The van der Waals surface area contributed by atoms with Gasteiger partial charge in [-0.15, -0.1) is 0 Å². The van der Waals surface area contributed by atoms with Crippen molar-refractivity contribution in [1.82, 2.24) is 4.90 Å². The Balaban J connectivity index is 1.82. The molecule has 1 fully saturated rings. The highest BCUT2D eigenvalue weighted by atomic mass is 16.5. The predicted molar refractivity (Wildman–Crippen MR) is 78.2 cm³/mol. The summed E-state index contributed by atoms with van der Waals surface area (Å²) in [6.07, 6.45) is 0.0691. The standard InChI is InChI=1S/C15H20N2O4/c1-11-9-17(7-8-20-11)15(19)10-21-14-5-3-13(4-6-14)16-12(2)18/h3-6,11H,7-10H2,1-2H3,(H,16,18). The molecule has 1 saturated heterocycles. The van der Waals surface area contributed by atoms with Crippen molar-refractivity contribution in [2.75, 3.05) is 31.6 Å². The number of hydrogen-bond donors (Lipinski definition) is 1. The van der Waals surface area contributed by atoms with Gasteiger partial charge in [0.25, 0.3) is 5.91 Å². The van der Waals surface area contributed by atoms with Gasteiger partial charge in [-0.05, 0) is 31.2 Å². The number of amides is 2. The Morgan fingerprint density at radius 2 is 2.10 bits per heavy atom. The summed E-state index contributed by atoms with van der Waals surface area (Å²) in [4.78, 5) is 24.7. The molecule has 0 bridgehead atoms. The number of anilines is 1. The quantitative estimate of drug-likeness (QED) is 0.907. The molecule has 114 valence electrons. The molecule has 0 aliphatic carbocycles. The van der Waals surface area contributed by atoms with Crippen LogP contribution in [-0.4, -0.2) is 49.1 Å². The highest BCUT2D eigenvalue weighted by Crippen LogP contribution is 2.16. The van der Waals surface area contributed by atoms with E-state index in [-0.39, 0.29) is 24.5 Å². The summed E-state index contributed by atoms with van der Waals surface area (Å²) >= 11 is 0. The summed E-state index contributed by atoms with van der Waals surface area (Å²) < 4.78 is 10.9. The van der Waals surface area contributed by atoms with Gasteiger partial charge in [0.2, 0.25) is 5.91 Å². The van der Waals surface area contributed by atoms with Gasteiger partial charge in [-0.3, -0.25) is 9.59 Å². The summed E-state index contributed by atoms with van der Waals surface area (Å²) in [6, 6.07) is 6.91. The molecule has 0 radical (unpaired) electrons. The Morgan fingerprint density at radius 3 is 2.71 bits per heavy atom. The van der Waals surface area contributed by atoms with Crippen LogP contribution in [0.25, 0.3) is 0 Å². The van der Waals surface area contributed by atoms with Crippen LogP contribution in [0.3, 0.4) is 0 Å². The lowest BCUT2D eigenvalue weighted by Gasteiger charge is -2.31. The molecule has 1 aliphatic heterocycles. The molecule has 21 heavy (non-hydrogen) atoms. The van der Waals surface area contributed by atoms with E-state index in [0.717, 1.165) is 0 Å². The maximum Gasteiger partial charge on any atom is 0.260 e. The van der Waals surface area contributed by atoms with E-state index in [2.05, 4.69) is 5.32 Å². The number of hydrogen-bond acceptors (Lipinski definition) is 4. The van der Waals surface area contributed by atoms with E-state index < -0.39 is 0 Å². The van der Waals surface area contributed by atoms with Crippen molar-refractivity contribution in [1.29, 1.82) is 0 Å². The minimum Gasteiger partial charge on any atom is -0.484 e. The van der Waals surface area contributed by atoms with Gasteiger partial charge in [0, 0.05) is 25.7 Å². The highest BCUT2D eigenvalue weighted by molar-refractivity contribution is 5.88. The van der Waals surface area contributed by atoms with Crippen LogP contribution in [-0.2, 0) is 14.3 Å². The third kappa shape index (κ3) is 4.75. The van der Waals surface area contributed by atoms with Crippen molar-refractivity contribution < 1.29 is 19.1 Å². The molecule has 1 aliphatic rings. The third-order valence-electron chi connectivity index (χ3n) is 3.13. The molecule has 1 aromatic carbocycles. The number of benzene rings is 1. The summed E-state index contributed by atoms with van der Waals surface area (Å²) in [7, 11) is 0. The van der Waals surface area contributed by atoms with Crippen LogP contribution >= 0.6 is 0 Å². The molecule has 2 amide bonds. The van der Waals surface area contributed by atoms with Crippen molar-refractivity contribution in [3.63, 3.8) is 0 Å². The fourth-order valence-electron chi connectivity index (χ4n) is 2.12. The van der Waals surface area contributed by atoms with Crippen molar-refractivity contribution in [3.05, 3.63) is 24.3 Å². The van der Waals surface area contributed by atoms with Gasteiger partial charge in [-0.1, -0.05) is 0 Å². The number of rotatable bonds is 4. The van der Waals surface area contributed by atoms with Crippen molar-refractivity contribution in [3.8, 4) is 5.75 Å². The fraction of sp³-hybridized carbons (Fsp3) is 0.467. The fourth-order valence-corrected chi connectivity index (χ4v) is 2.12. The van der Waals surface area contributed by atoms with Crippen LogP contribution in [0.1, 0.15) is 13.8 Å². The molecule has 1 atom stereocenters.